The molecular formula is C24H44N2O7. The molecule has 1 saturated heterocycles. The van der Waals surface area contributed by atoms with E-state index >= 15 is 0 Å². The van der Waals surface area contributed by atoms with Crippen LogP contribution in [0, 0.1) is 11.3 Å². The first kappa shape index (κ1) is 29.2. The molecule has 192 valence electrons. The highest BCUT2D eigenvalue weighted by Crippen LogP contribution is 2.38. The second kappa shape index (κ2) is 11.5. The van der Waals surface area contributed by atoms with Crippen molar-refractivity contribution in [2.24, 2.45) is 11.3 Å². The van der Waals surface area contributed by atoms with Gasteiger partial charge in [0.05, 0.1) is 13.0 Å². The lowest BCUT2D eigenvalue weighted by molar-refractivity contribution is -0.143. The van der Waals surface area contributed by atoms with Crippen molar-refractivity contribution < 1.29 is 33.7 Å². The van der Waals surface area contributed by atoms with Crippen molar-refractivity contribution in [3.05, 3.63) is 0 Å². The van der Waals surface area contributed by atoms with E-state index in [4.69, 9.17) is 14.2 Å². The third kappa shape index (κ3) is 9.49. The molecule has 2 N–H and O–H groups in total. The maximum absolute atomic E-state index is 13.1. The van der Waals surface area contributed by atoms with Crippen molar-refractivity contribution in [2.45, 2.75) is 112 Å². The summed E-state index contributed by atoms with van der Waals surface area (Å²) in [7, 11) is 0. The quantitative estimate of drug-likeness (QED) is 0.434. The molecule has 0 radical (unpaired) electrons. The number of nitrogens with one attached hydrogen (secondary N) is 1. The summed E-state index contributed by atoms with van der Waals surface area (Å²) in [6, 6.07) is 0. The monoisotopic (exact) mass is 472 g/mol. The number of carboxylic acids is 1. The number of hydrogen-bond acceptors (Lipinski definition) is 6. The Kier molecular flexibility index (Phi) is 10.2. The first-order chi connectivity index (χ1) is 15.0. The van der Waals surface area contributed by atoms with Crippen molar-refractivity contribution in [1.82, 2.24) is 10.2 Å². The average molecular weight is 473 g/mol. The summed E-state index contributed by atoms with van der Waals surface area (Å²) in [6.45, 7) is 17.0. The molecule has 1 heterocycles. The van der Waals surface area contributed by atoms with Gasteiger partial charge in [-0.3, -0.25) is 14.5 Å². The number of unbranched alkanes of at least 4 members (excludes halogenated alkanes) is 1. The summed E-state index contributed by atoms with van der Waals surface area (Å²) in [4.78, 5) is 38.3. The molecule has 0 aliphatic carbocycles. The summed E-state index contributed by atoms with van der Waals surface area (Å²) >= 11 is 0. The largest absolute Gasteiger partial charge is 0.481 e. The first-order valence-electron chi connectivity index (χ1n) is 11.8. The van der Waals surface area contributed by atoms with Crippen LogP contribution in [0.5, 0.6) is 0 Å². The molecule has 0 aromatic carbocycles. The lowest BCUT2D eigenvalue weighted by Crippen LogP contribution is -2.52. The number of carbonyl (C=O) groups excluding carboxylic acids is 2. The summed E-state index contributed by atoms with van der Waals surface area (Å²) in [5, 5.41) is 12.1. The van der Waals surface area contributed by atoms with Gasteiger partial charge in [-0.25, -0.2) is 4.79 Å². The predicted octanol–water partition coefficient (Wildman–Crippen LogP) is 4.14. The van der Waals surface area contributed by atoms with Crippen LogP contribution in [-0.2, 0) is 23.8 Å². The van der Waals surface area contributed by atoms with Gasteiger partial charge in [0.15, 0.2) is 6.23 Å². The third-order valence-electron chi connectivity index (χ3n) is 5.32. The van der Waals surface area contributed by atoms with E-state index in [-0.39, 0.29) is 24.9 Å². The molecule has 1 rings (SSSR count). The minimum absolute atomic E-state index is 0.0782. The van der Waals surface area contributed by atoms with Crippen LogP contribution in [0.25, 0.3) is 0 Å². The molecular weight excluding hydrogens is 428 g/mol. The van der Waals surface area contributed by atoms with Gasteiger partial charge in [0.25, 0.3) is 0 Å². The van der Waals surface area contributed by atoms with Crippen LogP contribution in [0.1, 0.15) is 88.0 Å². The van der Waals surface area contributed by atoms with Gasteiger partial charge >= 0.3 is 12.1 Å². The van der Waals surface area contributed by atoms with E-state index in [1.807, 2.05) is 6.92 Å². The number of ether oxygens (including phenoxy) is 3. The van der Waals surface area contributed by atoms with Gasteiger partial charge in [0.1, 0.15) is 17.4 Å². The van der Waals surface area contributed by atoms with Crippen LogP contribution < -0.4 is 5.32 Å². The molecule has 2 amide bonds. The van der Waals surface area contributed by atoms with Crippen LogP contribution in [0.2, 0.25) is 0 Å². The number of aliphatic carboxylic acids is 1. The van der Waals surface area contributed by atoms with Gasteiger partial charge in [-0.2, -0.15) is 0 Å². The number of carboxylic acid groups (broad SMARTS) is 1. The van der Waals surface area contributed by atoms with E-state index in [1.54, 1.807) is 48.5 Å². The number of rotatable bonds is 11. The van der Waals surface area contributed by atoms with Gasteiger partial charge < -0.3 is 24.6 Å². The van der Waals surface area contributed by atoms with Crippen LogP contribution in [0.3, 0.4) is 0 Å². The highest BCUT2D eigenvalue weighted by atomic mass is 16.6. The second-order valence-electron chi connectivity index (χ2n) is 11.2. The highest BCUT2D eigenvalue weighted by molar-refractivity contribution is 5.78. The maximum atomic E-state index is 13.1. The molecule has 0 aromatic rings. The molecule has 0 aromatic heterocycles. The van der Waals surface area contributed by atoms with E-state index in [1.165, 1.54) is 4.90 Å². The number of carbonyl (C=O) groups is 3. The zero-order valence-electron chi connectivity index (χ0n) is 21.8. The molecule has 1 aliphatic rings. The molecule has 0 unspecified atom stereocenters. The van der Waals surface area contributed by atoms with Crippen molar-refractivity contribution in [1.29, 1.82) is 0 Å². The Hall–Kier alpha value is -1.87. The zero-order valence-corrected chi connectivity index (χ0v) is 21.8. The second-order valence-corrected chi connectivity index (χ2v) is 11.2. The van der Waals surface area contributed by atoms with Gasteiger partial charge in [-0.1, -0.05) is 34.1 Å². The Morgan fingerprint density at radius 3 is 2.30 bits per heavy atom. The number of nitrogens with zero attached hydrogens (tertiary/aromatic N) is 1. The summed E-state index contributed by atoms with van der Waals surface area (Å²) in [5.74, 6) is -1.37. The summed E-state index contributed by atoms with van der Waals surface area (Å²) in [6.07, 6.45) is 0.149. The molecule has 0 spiro atoms. The topological polar surface area (TPSA) is 114 Å². The minimum atomic E-state index is -1.03. The number of hydrogen-bond donors (Lipinski definition) is 2. The molecule has 3 atom stereocenters. The fraction of sp³-hybridized carbons (Fsp3) is 0.875. The van der Waals surface area contributed by atoms with Crippen LogP contribution in [0.4, 0.5) is 4.79 Å². The fourth-order valence-electron chi connectivity index (χ4n) is 3.73. The number of amides is 2. The maximum Gasteiger partial charge on any atom is 0.414 e. The highest BCUT2D eigenvalue weighted by Gasteiger charge is 2.53. The Morgan fingerprint density at radius 2 is 1.79 bits per heavy atom. The lowest BCUT2D eigenvalue weighted by Gasteiger charge is -2.36. The molecule has 9 nitrogen and oxygen atoms in total. The van der Waals surface area contributed by atoms with E-state index in [2.05, 4.69) is 12.2 Å². The molecule has 9 heteroatoms. The van der Waals surface area contributed by atoms with Crippen molar-refractivity contribution in [3.63, 3.8) is 0 Å². The molecule has 1 fully saturated rings. The Morgan fingerprint density at radius 1 is 1.18 bits per heavy atom. The van der Waals surface area contributed by atoms with Crippen LogP contribution in [0.15, 0.2) is 0 Å². The predicted molar refractivity (Wildman–Crippen MR) is 124 cm³/mol. The van der Waals surface area contributed by atoms with Gasteiger partial charge in [-0.05, 0) is 52.9 Å². The van der Waals surface area contributed by atoms with E-state index < -0.39 is 41.1 Å². The Labute approximate surface area is 198 Å². The molecule has 0 bridgehead atoms. The van der Waals surface area contributed by atoms with E-state index in [0.717, 1.165) is 12.8 Å². The Bertz CT molecular complexity index is 685. The standard InChI is InChI=1S/C24H44N2O7/c1-10-11-12-25-19(29)16(2)13-17-20(31-15-23(6,7)14-18(27)28)26(24(8,9)32-17)21(30)33-22(3,4)5/h16-17,20H,10-15H2,1-9H3,(H,25,29)(H,27,28)/t16-,17+,20+/m1/s1. The summed E-state index contributed by atoms with van der Waals surface area (Å²) in [5.41, 5.74) is -2.41. The van der Waals surface area contributed by atoms with Gasteiger partial charge in [-0.15, -0.1) is 0 Å². The molecule has 0 saturated carbocycles. The van der Waals surface area contributed by atoms with Crippen molar-refractivity contribution >= 4 is 18.0 Å². The zero-order chi connectivity index (χ0) is 25.6. The summed E-state index contributed by atoms with van der Waals surface area (Å²) < 4.78 is 18.0. The smallest absolute Gasteiger partial charge is 0.414 e. The average Bonchev–Trinajstić information content (AvgIpc) is 2.87. The lowest BCUT2D eigenvalue weighted by atomic mass is 9.90. The molecule has 1 aliphatic heterocycles. The van der Waals surface area contributed by atoms with E-state index in [9.17, 15) is 19.5 Å². The van der Waals surface area contributed by atoms with Crippen molar-refractivity contribution in [2.75, 3.05) is 13.2 Å². The Balaban J connectivity index is 3.10. The minimum Gasteiger partial charge on any atom is -0.481 e. The normalized spacial score (nSPS) is 21.5. The first-order valence-corrected chi connectivity index (χ1v) is 11.8. The van der Waals surface area contributed by atoms with Gasteiger partial charge in [0, 0.05) is 12.5 Å². The molecule has 33 heavy (non-hydrogen) atoms. The van der Waals surface area contributed by atoms with Crippen LogP contribution in [-0.4, -0.2) is 64.8 Å². The van der Waals surface area contributed by atoms with Crippen LogP contribution >= 0.6 is 0 Å². The van der Waals surface area contributed by atoms with E-state index in [0.29, 0.717) is 13.0 Å². The SMILES string of the molecule is CCCCNC(=O)[C@H](C)C[C@@H]1OC(C)(C)N(C(=O)OC(C)(C)C)[C@H]1OCC(C)(C)CC(=O)O. The fourth-order valence-corrected chi connectivity index (χ4v) is 3.73. The third-order valence-corrected chi connectivity index (χ3v) is 5.32. The van der Waals surface area contributed by atoms with Gasteiger partial charge in [0.2, 0.25) is 5.91 Å². The van der Waals surface area contributed by atoms with Crippen molar-refractivity contribution in [3.8, 4) is 0 Å².